The second-order valence-corrected chi connectivity index (χ2v) is 8.55. The Kier molecular flexibility index (Phi) is 4.95. The second kappa shape index (κ2) is 6.86. The first-order chi connectivity index (χ1) is 11.7. The van der Waals surface area contributed by atoms with Gasteiger partial charge in [-0.2, -0.15) is 0 Å². The molecule has 25 heavy (non-hydrogen) atoms. The van der Waals surface area contributed by atoms with Crippen LogP contribution in [0.25, 0.3) is 0 Å². The highest BCUT2D eigenvalue weighted by molar-refractivity contribution is 7.92. The van der Waals surface area contributed by atoms with Gasteiger partial charge < -0.3 is 4.90 Å². The lowest BCUT2D eigenvalue weighted by molar-refractivity contribution is 0.0727. The van der Waals surface area contributed by atoms with Gasteiger partial charge in [0.05, 0.1) is 6.26 Å². The third-order valence-electron chi connectivity index (χ3n) is 3.95. The van der Waals surface area contributed by atoms with E-state index in [4.69, 9.17) is 23.2 Å². The lowest BCUT2D eigenvalue weighted by Crippen LogP contribution is -2.37. The Morgan fingerprint density at radius 1 is 1.16 bits per heavy atom. The number of carbonyl (C=O) groups is 1. The van der Waals surface area contributed by atoms with Gasteiger partial charge in [0.1, 0.15) is 0 Å². The van der Waals surface area contributed by atoms with Gasteiger partial charge in [-0.05, 0) is 47.9 Å². The maximum atomic E-state index is 12.7. The molecule has 0 spiro atoms. The fourth-order valence-corrected chi connectivity index (χ4v) is 3.84. The summed E-state index contributed by atoms with van der Waals surface area (Å²) < 4.78 is 25.1. The van der Waals surface area contributed by atoms with E-state index in [-0.39, 0.29) is 5.91 Å². The Morgan fingerprint density at radius 2 is 1.92 bits per heavy atom. The molecule has 0 unspecified atom stereocenters. The van der Waals surface area contributed by atoms with Crippen molar-refractivity contribution in [2.45, 2.75) is 13.0 Å². The predicted molar refractivity (Wildman–Crippen MR) is 99.8 cm³/mol. The van der Waals surface area contributed by atoms with E-state index in [1.807, 2.05) is 6.07 Å². The van der Waals surface area contributed by atoms with E-state index in [0.29, 0.717) is 40.8 Å². The summed E-state index contributed by atoms with van der Waals surface area (Å²) in [5.41, 5.74) is 2.70. The van der Waals surface area contributed by atoms with Crippen LogP contribution in [0.1, 0.15) is 21.5 Å². The molecular formula is C17H16Cl2N2O3S. The molecular weight excluding hydrogens is 383 g/mol. The van der Waals surface area contributed by atoms with Crippen molar-refractivity contribution in [1.82, 2.24) is 4.90 Å². The Hall–Kier alpha value is -1.76. The van der Waals surface area contributed by atoms with Gasteiger partial charge >= 0.3 is 0 Å². The predicted octanol–water partition coefficient (Wildman–Crippen LogP) is 3.56. The van der Waals surface area contributed by atoms with Gasteiger partial charge in [-0.15, -0.1) is 0 Å². The second-order valence-electron chi connectivity index (χ2n) is 5.96. The lowest BCUT2D eigenvalue weighted by atomic mass is 9.98. The van der Waals surface area contributed by atoms with Crippen LogP contribution in [0.4, 0.5) is 5.69 Å². The van der Waals surface area contributed by atoms with Crippen molar-refractivity contribution in [2.75, 3.05) is 17.5 Å². The average Bonchev–Trinajstić information content (AvgIpc) is 2.51. The van der Waals surface area contributed by atoms with E-state index < -0.39 is 10.0 Å². The molecule has 8 heteroatoms. The smallest absolute Gasteiger partial charge is 0.254 e. The van der Waals surface area contributed by atoms with Crippen molar-refractivity contribution >= 4 is 44.8 Å². The first kappa shape index (κ1) is 18.0. The number of amides is 1. The summed E-state index contributed by atoms with van der Waals surface area (Å²) in [6.07, 6.45) is 1.74. The molecule has 0 radical (unpaired) electrons. The first-order valence-corrected chi connectivity index (χ1v) is 10.2. The van der Waals surface area contributed by atoms with Crippen LogP contribution in [0.3, 0.4) is 0 Å². The van der Waals surface area contributed by atoms with Gasteiger partial charge in [0.15, 0.2) is 0 Å². The minimum Gasteiger partial charge on any atom is -0.334 e. The number of benzene rings is 2. The number of anilines is 1. The van der Waals surface area contributed by atoms with Crippen LogP contribution in [-0.4, -0.2) is 32.0 Å². The molecule has 0 aromatic heterocycles. The van der Waals surface area contributed by atoms with Crippen LogP contribution in [0.2, 0.25) is 10.0 Å². The van der Waals surface area contributed by atoms with Gasteiger partial charge in [-0.3, -0.25) is 9.52 Å². The molecule has 0 aliphatic carbocycles. The fraction of sp³-hybridized carbons (Fsp3) is 0.235. The largest absolute Gasteiger partial charge is 0.334 e. The number of hydrogen-bond acceptors (Lipinski definition) is 3. The summed E-state index contributed by atoms with van der Waals surface area (Å²) in [5, 5.41) is 1.08. The van der Waals surface area contributed by atoms with Crippen LogP contribution in [-0.2, 0) is 23.0 Å². The quantitative estimate of drug-likeness (QED) is 0.855. The SMILES string of the molecule is CS(=O)(=O)Nc1ccc2c(c1)CCN(Cc1ccc(Cl)cc1Cl)C2=O. The van der Waals surface area contributed by atoms with Crippen LogP contribution < -0.4 is 4.72 Å². The molecule has 0 saturated heterocycles. The maximum absolute atomic E-state index is 12.7. The molecule has 3 rings (SSSR count). The molecule has 0 atom stereocenters. The van der Waals surface area contributed by atoms with Gasteiger partial charge in [0.25, 0.3) is 5.91 Å². The van der Waals surface area contributed by atoms with E-state index >= 15 is 0 Å². The number of rotatable bonds is 4. The van der Waals surface area contributed by atoms with Crippen molar-refractivity contribution < 1.29 is 13.2 Å². The zero-order chi connectivity index (χ0) is 18.2. The van der Waals surface area contributed by atoms with Crippen molar-refractivity contribution in [2.24, 2.45) is 0 Å². The molecule has 5 nitrogen and oxygen atoms in total. The maximum Gasteiger partial charge on any atom is 0.254 e. The zero-order valence-corrected chi connectivity index (χ0v) is 15.7. The molecule has 1 amide bonds. The van der Waals surface area contributed by atoms with E-state index in [1.165, 1.54) is 0 Å². The van der Waals surface area contributed by atoms with Gasteiger partial charge in [0.2, 0.25) is 10.0 Å². The first-order valence-electron chi connectivity index (χ1n) is 7.57. The van der Waals surface area contributed by atoms with Crippen LogP contribution >= 0.6 is 23.2 Å². The Morgan fingerprint density at radius 3 is 2.60 bits per heavy atom. The molecule has 1 heterocycles. The van der Waals surface area contributed by atoms with Gasteiger partial charge in [-0.1, -0.05) is 29.3 Å². The minimum atomic E-state index is -3.35. The molecule has 1 N–H and O–H groups in total. The normalized spacial score (nSPS) is 14.4. The molecule has 0 bridgehead atoms. The summed E-state index contributed by atoms with van der Waals surface area (Å²) in [5.74, 6) is -0.0989. The molecule has 0 saturated carbocycles. The van der Waals surface area contributed by atoms with Crippen LogP contribution in [0, 0.1) is 0 Å². The monoisotopic (exact) mass is 398 g/mol. The van der Waals surface area contributed by atoms with E-state index in [9.17, 15) is 13.2 Å². The standard InChI is InChI=1S/C17H16Cl2N2O3S/c1-25(23,24)20-14-4-5-15-11(8-14)6-7-21(17(15)22)10-12-2-3-13(18)9-16(12)19/h2-5,8-9,20H,6-7,10H2,1H3. The number of halogens is 2. The summed E-state index contributed by atoms with van der Waals surface area (Å²) in [4.78, 5) is 14.4. The highest BCUT2D eigenvalue weighted by Gasteiger charge is 2.25. The number of sulfonamides is 1. The number of hydrogen-bond donors (Lipinski definition) is 1. The van der Waals surface area contributed by atoms with Crippen molar-refractivity contribution in [3.63, 3.8) is 0 Å². The summed E-state index contributed by atoms with van der Waals surface area (Å²) in [6, 6.07) is 10.2. The summed E-state index contributed by atoms with van der Waals surface area (Å²) >= 11 is 12.1. The molecule has 1 aliphatic rings. The van der Waals surface area contributed by atoms with E-state index in [0.717, 1.165) is 17.4 Å². The number of carbonyl (C=O) groups excluding carboxylic acids is 1. The lowest BCUT2D eigenvalue weighted by Gasteiger charge is -2.29. The molecule has 0 fully saturated rings. The van der Waals surface area contributed by atoms with Crippen molar-refractivity contribution in [3.05, 3.63) is 63.1 Å². The van der Waals surface area contributed by atoms with Crippen LogP contribution in [0.5, 0.6) is 0 Å². The third kappa shape index (κ3) is 4.26. The Labute approximate surface area is 156 Å². The Bertz CT molecular complexity index is 945. The summed E-state index contributed by atoms with van der Waals surface area (Å²) in [7, 11) is -3.35. The molecule has 1 aliphatic heterocycles. The van der Waals surface area contributed by atoms with Gasteiger partial charge in [-0.25, -0.2) is 8.42 Å². The fourth-order valence-electron chi connectivity index (χ4n) is 2.82. The van der Waals surface area contributed by atoms with Crippen molar-refractivity contribution in [3.8, 4) is 0 Å². The highest BCUT2D eigenvalue weighted by Crippen LogP contribution is 2.27. The third-order valence-corrected chi connectivity index (χ3v) is 5.15. The van der Waals surface area contributed by atoms with Gasteiger partial charge in [0, 0.05) is 34.4 Å². The molecule has 2 aromatic rings. The van der Waals surface area contributed by atoms with E-state index in [2.05, 4.69) is 4.72 Å². The molecule has 132 valence electrons. The minimum absolute atomic E-state index is 0.0989. The highest BCUT2D eigenvalue weighted by atomic mass is 35.5. The molecule has 2 aromatic carbocycles. The number of nitrogens with zero attached hydrogens (tertiary/aromatic N) is 1. The number of fused-ring (bicyclic) bond motifs is 1. The average molecular weight is 399 g/mol. The van der Waals surface area contributed by atoms with E-state index in [1.54, 1.807) is 35.2 Å². The van der Waals surface area contributed by atoms with Crippen LogP contribution in [0.15, 0.2) is 36.4 Å². The Balaban J connectivity index is 1.81. The number of nitrogens with one attached hydrogen (secondary N) is 1. The summed E-state index contributed by atoms with van der Waals surface area (Å²) in [6.45, 7) is 0.935. The topological polar surface area (TPSA) is 66.5 Å². The zero-order valence-electron chi connectivity index (χ0n) is 13.4. The van der Waals surface area contributed by atoms with Crippen molar-refractivity contribution in [1.29, 1.82) is 0 Å².